The highest BCUT2D eigenvalue weighted by atomic mass is 16.4. The van der Waals surface area contributed by atoms with E-state index in [-0.39, 0.29) is 0 Å². The summed E-state index contributed by atoms with van der Waals surface area (Å²) in [5.41, 5.74) is 5.29. The number of rotatable bonds is 16. The number of carboxylic acids is 1. The van der Waals surface area contributed by atoms with Gasteiger partial charge in [0, 0.05) is 0 Å². The standard InChI is InChI=1S/C18H37NO4/c1-2-3-4-5-6-7-8-9-10-11-12-13-14-15(20)17(21)16(19)18(22)23/h15-17,20-21H,2-14,19H2,1H3,(H,22,23)/t15-,16-,17-/m1/s1. The number of aliphatic hydroxyl groups excluding tert-OH is 2. The van der Waals surface area contributed by atoms with Gasteiger partial charge in [-0.2, -0.15) is 0 Å². The molecule has 5 N–H and O–H groups in total. The van der Waals surface area contributed by atoms with Gasteiger partial charge in [0.1, 0.15) is 12.1 Å². The van der Waals surface area contributed by atoms with Gasteiger partial charge in [-0.1, -0.05) is 84.0 Å². The Bertz CT molecular complexity index is 286. The molecule has 0 aliphatic carbocycles. The van der Waals surface area contributed by atoms with Crippen molar-refractivity contribution in [1.82, 2.24) is 0 Å². The van der Waals surface area contributed by atoms with Crippen LogP contribution in [0.25, 0.3) is 0 Å². The fraction of sp³-hybridized carbons (Fsp3) is 0.944. The van der Waals surface area contributed by atoms with Crippen molar-refractivity contribution in [2.75, 3.05) is 0 Å². The molecule has 0 bridgehead atoms. The SMILES string of the molecule is CCCCCCCCCCCCCC[C@@H](O)[C@@H](O)[C@@H](N)C(=O)O. The first-order valence-corrected chi connectivity index (χ1v) is 9.35. The molecule has 0 unspecified atom stereocenters. The third kappa shape index (κ3) is 12.4. The van der Waals surface area contributed by atoms with Crippen molar-refractivity contribution in [1.29, 1.82) is 0 Å². The highest BCUT2D eigenvalue weighted by molar-refractivity contribution is 5.73. The minimum Gasteiger partial charge on any atom is -0.480 e. The van der Waals surface area contributed by atoms with Gasteiger partial charge >= 0.3 is 5.97 Å². The first kappa shape index (κ1) is 22.4. The number of aliphatic hydroxyl groups is 2. The van der Waals surface area contributed by atoms with Gasteiger partial charge in [-0.15, -0.1) is 0 Å². The van der Waals surface area contributed by atoms with Crippen LogP contribution in [0.15, 0.2) is 0 Å². The van der Waals surface area contributed by atoms with E-state index in [1.54, 1.807) is 0 Å². The molecular weight excluding hydrogens is 294 g/mol. The normalized spacial score (nSPS) is 15.3. The second kappa shape index (κ2) is 14.9. The third-order valence-electron chi connectivity index (χ3n) is 4.40. The zero-order valence-corrected chi connectivity index (χ0v) is 14.8. The minimum atomic E-state index is -1.41. The van der Waals surface area contributed by atoms with Gasteiger partial charge in [-0.3, -0.25) is 4.79 Å². The Morgan fingerprint density at radius 2 is 1.22 bits per heavy atom. The Morgan fingerprint density at radius 3 is 1.61 bits per heavy atom. The van der Waals surface area contributed by atoms with Crippen LogP contribution in [-0.4, -0.2) is 39.5 Å². The van der Waals surface area contributed by atoms with Gasteiger partial charge < -0.3 is 21.1 Å². The largest absolute Gasteiger partial charge is 0.480 e. The van der Waals surface area contributed by atoms with Crippen LogP contribution in [0.5, 0.6) is 0 Å². The molecule has 0 radical (unpaired) electrons. The quantitative estimate of drug-likeness (QED) is 0.325. The summed E-state index contributed by atoms with van der Waals surface area (Å²) < 4.78 is 0. The first-order chi connectivity index (χ1) is 11.0. The second-order valence-corrected chi connectivity index (χ2v) is 6.60. The monoisotopic (exact) mass is 331 g/mol. The predicted molar refractivity (Wildman–Crippen MR) is 93.3 cm³/mol. The van der Waals surface area contributed by atoms with E-state index in [1.807, 2.05) is 0 Å². The van der Waals surface area contributed by atoms with Crippen LogP contribution in [0.2, 0.25) is 0 Å². The predicted octanol–water partition coefficient (Wildman–Crippen LogP) is 3.21. The van der Waals surface area contributed by atoms with Crippen molar-refractivity contribution in [2.24, 2.45) is 5.73 Å². The van der Waals surface area contributed by atoms with E-state index in [4.69, 9.17) is 10.8 Å². The lowest BCUT2D eigenvalue weighted by atomic mass is 9.99. The summed E-state index contributed by atoms with van der Waals surface area (Å²) >= 11 is 0. The van der Waals surface area contributed by atoms with Crippen LogP contribution in [-0.2, 0) is 4.79 Å². The third-order valence-corrected chi connectivity index (χ3v) is 4.40. The molecule has 0 spiro atoms. The molecule has 0 heterocycles. The highest BCUT2D eigenvalue weighted by Gasteiger charge is 2.28. The van der Waals surface area contributed by atoms with Crippen molar-refractivity contribution >= 4 is 5.97 Å². The molecule has 0 aliphatic heterocycles. The van der Waals surface area contributed by atoms with E-state index in [0.717, 1.165) is 19.3 Å². The summed E-state index contributed by atoms with van der Waals surface area (Å²) in [6, 6.07) is -1.41. The Morgan fingerprint density at radius 1 is 0.826 bits per heavy atom. The van der Waals surface area contributed by atoms with E-state index in [2.05, 4.69) is 6.92 Å². The Labute approximate surface area is 141 Å². The summed E-state index contributed by atoms with van der Waals surface area (Å²) in [4.78, 5) is 10.6. The van der Waals surface area contributed by atoms with E-state index in [9.17, 15) is 15.0 Å². The molecule has 0 saturated heterocycles. The van der Waals surface area contributed by atoms with Gasteiger partial charge in [-0.25, -0.2) is 0 Å². The van der Waals surface area contributed by atoms with Crippen LogP contribution in [0.3, 0.4) is 0 Å². The number of aliphatic carboxylic acids is 1. The fourth-order valence-electron chi connectivity index (χ4n) is 2.75. The number of carbonyl (C=O) groups is 1. The molecule has 0 rings (SSSR count). The molecule has 0 aliphatic rings. The van der Waals surface area contributed by atoms with Gasteiger partial charge in [-0.05, 0) is 6.42 Å². The summed E-state index contributed by atoms with van der Waals surface area (Å²) in [7, 11) is 0. The maximum atomic E-state index is 10.6. The molecule has 3 atom stereocenters. The summed E-state index contributed by atoms with van der Waals surface area (Å²) in [5, 5.41) is 28.0. The van der Waals surface area contributed by atoms with E-state index >= 15 is 0 Å². The molecule has 5 heteroatoms. The van der Waals surface area contributed by atoms with Crippen molar-refractivity contribution < 1.29 is 20.1 Å². The van der Waals surface area contributed by atoms with E-state index in [0.29, 0.717) is 6.42 Å². The molecule has 5 nitrogen and oxygen atoms in total. The van der Waals surface area contributed by atoms with Gasteiger partial charge in [0.15, 0.2) is 0 Å². The minimum absolute atomic E-state index is 0.402. The molecular formula is C18H37NO4. The van der Waals surface area contributed by atoms with Crippen LogP contribution in [0.4, 0.5) is 0 Å². The second-order valence-electron chi connectivity index (χ2n) is 6.60. The van der Waals surface area contributed by atoms with Crippen molar-refractivity contribution in [2.45, 2.75) is 109 Å². The molecule has 0 saturated carbocycles. The smallest absolute Gasteiger partial charge is 0.323 e. The molecule has 23 heavy (non-hydrogen) atoms. The van der Waals surface area contributed by atoms with Crippen LogP contribution in [0.1, 0.15) is 90.4 Å². The number of carboxylic acid groups (broad SMARTS) is 1. The molecule has 0 aromatic rings. The maximum Gasteiger partial charge on any atom is 0.323 e. The molecule has 138 valence electrons. The Balaban J connectivity index is 3.37. The summed E-state index contributed by atoms with van der Waals surface area (Å²) in [6.45, 7) is 2.24. The van der Waals surface area contributed by atoms with Crippen LogP contribution < -0.4 is 5.73 Å². The molecule has 0 aromatic carbocycles. The number of unbranched alkanes of at least 4 members (excludes halogenated alkanes) is 11. The number of nitrogens with two attached hydrogens (primary N) is 1. The Hall–Kier alpha value is -0.650. The summed E-state index contributed by atoms with van der Waals surface area (Å²) in [5.74, 6) is -1.29. The lowest BCUT2D eigenvalue weighted by molar-refractivity contribution is -0.143. The van der Waals surface area contributed by atoms with Gasteiger partial charge in [0.05, 0.1) is 6.10 Å². The lowest BCUT2D eigenvalue weighted by Crippen LogP contribution is -2.48. The molecule has 0 aromatic heterocycles. The Kier molecular flexibility index (Phi) is 14.5. The van der Waals surface area contributed by atoms with Crippen molar-refractivity contribution in [3.63, 3.8) is 0 Å². The average Bonchev–Trinajstić information content (AvgIpc) is 2.54. The lowest BCUT2D eigenvalue weighted by Gasteiger charge is -2.20. The number of hydrogen-bond acceptors (Lipinski definition) is 4. The summed E-state index contributed by atoms with van der Waals surface area (Å²) in [6.07, 6.45) is 12.8. The van der Waals surface area contributed by atoms with Gasteiger partial charge in [0.25, 0.3) is 0 Å². The number of hydrogen-bond donors (Lipinski definition) is 4. The zero-order valence-electron chi connectivity index (χ0n) is 14.8. The molecule has 0 amide bonds. The highest BCUT2D eigenvalue weighted by Crippen LogP contribution is 2.14. The topological polar surface area (TPSA) is 104 Å². The maximum absolute atomic E-state index is 10.6. The van der Waals surface area contributed by atoms with E-state index in [1.165, 1.54) is 57.8 Å². The van der Waals surface area contributed by atoms with Crippen molar-refractivity contribution in [3.8, 4) is 0 Å². The van der Waals surface area contributed by atoms with Crippen LogP contribution in [0, 0.1) is 0 Å². The van der Waals surface area contributed by atoms with Gasteiger partial charge in [0.2, 0.25) is 0 Å². The van der Waals surface area contributed by atoms with E-state index < -0.39 is 24.2 Å². The first-order valence-electron chi connectivity index (χ1n) is 9.35. The average molecular weight is 331 g/mol. The van der Waals surface area contributed by atoms with Crippen molar-refractivity contribution in [3.05, 3.63) is 0 Å². The zero-order chi connectivity index (χ0) is 17.5. The van der Waals surface area contributed by atoms with Crippen LogP contribution >= 0.6 is 0 Å². The molecule has 0 fully saturated rings. The fourth-order valence-corrected chi connectivity index (χ4v) is 2.75.